The maximum Gasteiger partial charge on any atom is 0.311 e. The van der Waals surface area contributed by atoms with E-state index in [1.54, 1.807) is 12.4 Å². The maximum atomic E-state index is 12.4. The molecular weight excluding hydrogens is 392 g/mol. The predicted octanol–water partition coefficient (Wildman–Crippen LogP) is 5.69. The molecule has 164 valence electrons. The molecular formula is C25H30N2O4. The minimum Gasteiger partial charge on any atom is -0.481 e. The number of aromatic nitrogens is 2. The standard InChI is InChI=1S/C25H30N2O4/c1-3-4-5-6-7-19(25(30)31)23-17(9-11-21(28)29)8-10-20-22(23)16(2)24(27-20)18-12-14-26-15-13-18/h8,10,12-15,19,27H,3-7,9,11H2,1-2H3,(H,28,29)(H,30,31). The first-order chi connectivity index (χ1) is 14.9. The molecule has 0 amide bonds. The van der Waals surface area contributed by atoms with E-state index in [2.05, 4.69) is 16.9 Å². The summed E-state index contributed by atoms with van der Waals surface area (Å²) in [5, 5.41) is 20.2. The van der Waals surface area contributed by atoms with Gasteiger partial charge in [-0.3, -0.25) is 14.6 Å². The van der Waals surface area contributed by atoms with Crippen LogP contribution in [0.1, 0.15) is 68.1 Å². The number of carbonyl (C=O) groups is 2. The largest absolute Gasteiger partial charge is 0.481 e. The van der Waals surface area contributed by atoms with Crippen molar-refractivity contribution in [2.75, 3.05) is 0 Å². The number of H-pyrrole nitrogens is 1. The Morgan fingerprint density at radius 3 is 2.45 bits per heavy atom. The molecule has 0 spiro atoms. The first-order valence-corrected chi connectivity index (χ1v) is 10.9. The van der Waals surface area contributed by atoms with Gasteiger partial charge in [-0.25, -0.2) is 0 Å². The summed E-state index contributed by atoms with van der Waals surface area (Å²) in [6.07, 6.45) is 8.29. The van der Waals surface area contributed by atoms with Gasteiger partial charge in [-0.1, -0.05) is 38.7 Å². The summed E-state index contributed by atoms with van der Waals surface area (Å²) < 4.78 is 0. The van der Waals surface area contributed by atoms with Gasteiger partial charge in [-0.05, 0) is 54.7 Å². The Morgan fingerprint density at radius 1 is 1.06 bits per heavy atom. The molecule has 3 aromatic rings. The number of hydrogen-bond donors (Lipinski definition) is 3. The number of aromatic amines is 1. The summed E-state index contributed by atoms with van der Waals surface area (Å²) >= 11 is 0. The number of nitrogens with zero attached hydrogens (tertiary/aromatic N) is 1. The van der Waals surface area contributed by atoms with Gasteiger partial charge in [0.1, 0.15) is 0 Å². The second-order valence-electron chi connectivity index (χ2n) is 8.06. The Morgan fingerprint density at radius 2 is 1.81 bits per heavy atom. The van der Waals surface area contributed by atoms with Crippen molar-refractivity contribution in [3.8, 4) is 11.3 Å². The van der Waals surface area contributed by atoms with Crippen LogP contribution in [0, 0.1) is 6.92 Å². The van der Waals surface area contributed by atoms with Crippen molar-refractivity contribution in [3.05, 3.63) is 53.3 Å². The van der Waals surface area contributed by atoms with Gasteiger partial charge in [0.05, 0.1) is 5.92 Å². The molecule has 31 heavy (non-hydrogen) atoms. The van der Waals surface area contributed by atoms with E-state index in [-0.39, 0.29) is 6.42 Å². The van der Waals surface area contributed by atoms with Gasteiger partial charge in [-0.2, -0.15) is 0 Å². The smallest absolute Gasteiger partial charge is 0.311 e. The Balaban J connectivity index is 2.15. The fourth-order valence-corrected chi connectivity index (χ4v) is 4.36. The molecule has 1 atom stereocenters. The predicted molar refractivity (Wildman–Crippen MR) is 121 cm³/mol. The van der Waals surface area contributed by atoms with Crippen molar-refractivity contribution >= 4 is 22.8 Å². The molecule has 0 aliphatic rings. The highest BCUT2D eigenvalue weighted by Crippen LogP contribution is 2.39. The van der Waals surface area contributed by atoms with Gasteiger partial charge in [0, 0.05) is 41.0 Å². The van der Waals surface area contributed by atoms with Crippen LogP contribution in [0.5, 0.6) is 0 Å². The minimum absolute atomic E-state index is 0.0264. The Bertz CT molecular complexity index is 1060. The van der Waals surface area contributed by atoms with Crippen LogP contribution in [-0.4, -0.2) is 32.1 Å². The fourth-order valence-electron chi connectivity index (χ4n) is 4.36. The molecule has 1 unspecified atom stereocenters. The zero-order chi connectivity index (χ0) is 22.4. The third-order valence-electron chi connectivity index (χ3n) is 5.92. The molecule has 0 bridgehead atoms. The van der Waals surface area contributed by atoms with Crippen molar-refractivity contribution in [1.82, 2.24) is 9.97 Å². The lowest BCUT2D eigenvalue weighted by Gasteiger charge is -2.19. The van der Waals surface area contributed by atoms with Crippen LogP contribution in [0.4, 0.5) is 0 Å². The molecule has 6 nitrogen and oxygen atoms in total. The van der Waals surface area contributed by atoms with Gasteiger partial charge in [-0.15, -0.1) is 0 Å². The third-order valence-corrected chi connectivity index (χ3v) is 5.92. The Hall–Kier alpha value is -3.15. The number of nitrogens with one attached hydrogen (secondary N) is 1. The first kappa shape index (κ1) is 22.5. The molecule has 1 aromatic carbocycles. The number of unbranched alkanes of at least 4 members (excludes halogenated alkanes) is 3. The van der Waals surface area contributed by atoms with E-state index < -0.39 is 17.9 Å². The first-order valence-electron chi connectivity index (χ1n) is 10.9. The number of fused-ring (bicyclic) bond motifs is 1. The van der Waals surface area contributed by atoms with Crippen LogP contribution in [0.3, 0.4) is 0 Å². The van der Waals surface area contributed by atoms with E-state index in [1.165, 1.54) is 0 Å². The monoisotopic (exact) mass is 422 g/mol. The van der Waals surface area contributed by atoms with Crippen molar-refractivity contribution in [1.29, 1.82) is 0 Å². The van der Waals surface area contributed by atoms with Gasteiger partial charge in [0.15, 0.2) is 0 Å². The average Bonchev–Trinajstić information content (AvgIpc) is 3.09. The van der Waals surface area contributed by atoms with Crippen LogP contribution < -0.4 is 0 Å². The molecule has 3 rings (SSSR count). The molecule has 0 radical (unpaired) electrons. The van der Waals surface area contributed by atoms with E-state index in [0.29, 0.717) is 12.8 Å². The highest BCUT2D eigenvalue weighted by atomic mass is 16.4. The summed E-state index contributed by atoms with van der Waals surface area (Å²) in [5.41, 5.74) is 5.34. The lowest BCUT2D eigenvalue weighted by Crippen LogP contribution is -2.15. The van der Waals surface area contributed by atoms with Crippen molar-refractivity contribution in [2.45, 2.75) is 64.7 Å². The zero-order valence-electron chi connectivity index (χ0n) is 18.1. The number of pyridine rings is 1. The molecule has 0 aliphatic carbocycles. The highest BCUT2D eigenvalue weighted by molar-refractivity contribution is 5.97. The summed E-state index contributed by atoms with van der Waals surface area (Å²) in [5.74, 6) is -2.40. The van der Waals surface area contributed by atoms with E-state index in [1.807, 2.05) is 31.2 Å². The fraction of sp³-hybridized carbons (Fsp3) is 0.400. The lowest BCUT2D eigenvalue weighted by molar-refractivity contribution is -0.139. The number of aliphatic carboxylic acids is 2. The van der Waals surface area contributed by atoms with Crippen molar-refractivity contribution in [2.24, 2.45) is 0 Å². The van der Waals surface area contributed by atoms with Gasteiger partial charge in [0.2, 0.25) is 0 Å². The molecule has 2 aromatic heterocycles. The van der Waals surface area contributed by atoms with Crippen LogP contribution in [0.15, 0.2) is 36.7 Å². The maximum absolute atomic E-state index is 12.4. The molecule has 0 saturated heterocycles. The number of benzene rings is 1. The SMILES string of the molecule is CCCCCCC(C(=O)O)c1c(CCC(=O)O)ccc2[nH]c(-c3ccncc3)c(C)c12. The molecule has 0 saturated carbocycles. The second kappa shape index (κ2) is 10.2. The van der Waals surface area contributed by atoms with Crippen LogP contribution >= 0.6 is 0 Å². The highest BCUT2D eigenvalue weighted by Gasteiger charge is 2.27. The van der Waals surface area contributed by atoms with E-state index >= 15 is 0 Å². The number of aryl methyl sites for hydroxylation is 2. The molecule has 0 aliphatic heterocycles. The Kier molecular flexibility index (Phi) is 7.45. The second-order valence-corrected chi connectivity index (χ2v) is 8.06. The third kappa shape index (κ3) is 5.13. The number of hydrogen-bond acceptors (Lipinski definition) is 3. The minimum atomic E-state index is -0.885. The summed E-state index contributed by atoms with van der Waals surface area (Å²) in [7, 11) is 0. The van der Waals surface area contributed by atoms with Gasteiger partial charge >= 0.3 is 11.9 Å². The van der Waals surface area contributed by atoms with E-state index in [4.69, 9.17) is 0 Å². The van der Waals surface area contributed by atoms with Gasteiger partial charge < -0.3 is 15.2 Å². The number of carboxylic acid groups (broad SMARTS) is 2. The van der Waals surface area contributed by atoms with Crippen molar-refractivity contribution in [3.63, 3.8) is 0 Å². The Labute approximate surface area is 182 Å². The molecule has 3 N–H and O–H groups in total. The zero-order valence-corrected chi connectivity index (χ0v) is 18.1. The van der Waals surface area contributed by atoms with Crippen LogP contribution in [-0.2, 0) is 16.0 Å². The van der Waals surface area contributed by atoms with E-state index in [0.717, 1.165) is 64.5 Å². The normalized spacial score (nSPS) is 12.2. The van der Waals surface area contributed by atoms with Crippen LogP contribution in [0.25, 0.3) is 22.2 Å². The lowest BCUT2D eigenvalue weighted by atomic mass is 9.84. The quantitative estimate of drug-likeness (QED) is 0.344. The number of carboxylic acids is 2. The average molecular weight is 423 g/mol. The topological polar surface area (TPSA) is 103 Å². The van der Waals surface area contributed by atoms with E-state index in [9.17, 15) is 19.8 Å². The van der Waals surface area contributed by atoms with Gasteiger partial charge in [0.25, 0.3) is 0 Å². The van der Waals surface area contributed by atoms with Crippen LogP contribution in [0.2, 0.25) is 0 Å². The molecule has 6 heteroatoms. The summed E-state index contributed by atoms with van der Waals surface area (Å²) in [6, 6.07) is 7.66. The molecule has 2 heterocycles. The molecule has 0 fully saturated rings. The number of rotatable bonds is 11. The van der Waals surface area contributed by atoms with Crippen molar-refractivity contribution < 1.29 is 19.8 Å². The summed E-state index contributed by atoms with van der Waals surface area (Å²) in [4.78, 5) is 31.1. The summed E-state index contributed by atoms with van der Waals surface area (Å²) in [6.45, 7) is 4.12.